The van der Waals surface area contributed by atoms with E-state index in [1.807, 2.05) is 48.5 Å². The third-order valence-electron chi connectivity index (χ3n) is 4.76. The predicted molar refractivity (Wildman–Crippen MR) is 116 cm³/mol. The first-order valence-electron chi connectivity index (χ1n) is 10.2. The molecule has 0 spiro atoms. The zero-order chi connectivity index (χ0) is 20.9. The summed E-state index contributed by atoms with van der Waals surface area (Å²) < 4.78 is 0. The quantitative estimate of drug-likeness (QED) is 0.408. The van der Waals surface area contributed by atoms with Gasteiger partial charge in [-0.1, -0.05) is 60.7 Å². The van der Waals surface area contributed by atoms with Gasteiger partial charge in [0.1, 0.15) is 6.04 Å². The van der Waals surface area contributed by atoms with Gasteiger partial charge in [0.15, 0.2) is 0 Å². The van der Waals surface area contributed by atoms with E-state index in [-0.39, 0.29) is 11.8 Å². The van der Waals surface area contributed by atoms with Gasteiger partial charge in [-0.05, 0) is 43.4 Å². The highest BCUT2D eigenvalue weighted by atomic mass is 16.2. The second-order valence-corrected chi connectivity index (χ2v) is 7.17. The molecule has 6 nitrogen and oxygen atoms in total. The van der Waals surface area contributed by atoms with E-state index in [0.29, 0.717) is 32.4 Å². The van der Waals surface area contributed by atoms with Gasteiger partial charge < -0.3 is 22.1 Å². The van der Waals surface area contributed by atoms with Crippen molar-refractivity contribution in [2.24, 2.45) is 11.5 Å². The molecule has 6 N–H and O–H groups in total. The molecule has 0 aliphatic heterocycles. The molecule has 0 saturated heterocycles. The largest absolute Gasteiger partial charge is 0.354 e. The molecule has 0 aromatic heterocycles. The summed E-state index contributed by atoms with van der Waals surface area (Å²) in [5.41, 5.74) is 13.6. The fourth-order valence-electron chi connectivity index (χ4n) is 3.08. The standard InChI is InChI=1S/C23H32N4O2/c24-15-7-14-20(25)22(28)27-21(17-19-11-5-2-6-12-19)23(29)26-16-8-13-18-9-3-1-4-10-18/h1-6,9-12,20-21H,7-8,13-17,24-25H2,(H,26,29)(H,27,28)/t20-,21-/m1/s1. The fraction of sp³-hybridized carbons (Fsp3) is 0.391. The van der Waals surface area contributed by atoms with Crippen molar-refractivity contribution in [3.63, 3.8) is 0 Å². The van der Waals surface area contributed by atoms with Crippen LogP contribution in [0.4, 0.5) is 0 Å². The second kappa shape index (κ2) is 12.7. The van der Waals surface area contributed by atoms with Crippen LogP contribution in [0.2, 0.25) is 0 Å². The van der Waals surface area contributed by atoms with E-state index in [1.54, 1.807) is 0 Å². The zero-order valence-corrected chi connectivity index (χ0v) is 16.8. The minimum Gasteiger partial charge on any atom is -0.354 e. The Balaban J connectivity index is 1.90. The highest BCUT2D eigenvalue weighted by molar-refractivity contribution is 5.89. The van der Waals surface area contributed by atoms with Crippen LogP contribution in [0, 0.1) is 0 Å². The van der Waals surface area contributed by atoms with Gasteiger partial charge >= 0.3 is 0 Å². The third kappa shape index (κ3) is 8.46. The van der Waals surface area contributed by atoms with Crippen molar-refractivity contribution in [3.8, 4) is 0 Å². The van der Waals surface area contributed by atoms with Crippen molar-refractivity contribution in [2.45, 2.75) is 44.2 Å². The molecule has 6 heteroatoms. The van der Waals surface area contributed by atoms with Crippen molar-refractivity contribution in [3.05, 3.63) is 71.8 Å². The molecule has 0 bridgehead atoms. The first-order chi connectivity index (χ1) is 14.1. The predicted octanol–water partition coefficient (Wildman–Crippen LogP) is 1.53. The summed E-state index contributed by atoms with van der Waals surface area (Å²) in [4.78, 5) is 25.2. The molecule has 2 aromatic rings. The van der Waals surface area contributed by atoms with Crippen LogP contribution in [-0.4, -0.2) is 37.0 Å². The Morgan fingerprint density at radius 1 is 0.862 bits per heavy atom. The van der Waals surface area contributed by atoms with Crippen LogP contribution in [0.15, 0.2) is 60.7 Å². The molecular formula is C23H32N4O2. The number of benzene rings is 2. The minimum atomic E-state index is -0.664. The average Bonchev–Trinajstić information content (AvgIpc) is 2.75. The number of hydrogen-bond acceptors (Lipinski definition) is 4. The van der Waals surface area contributed by atoms with Crippen LogP contribution < -0.4 is 22.1 Å². The van der Waals surface area contributed by atoms with Crippen LogP contribution in [0.25, 0.3) is 0 Å². The molecular weight excluding hydrogens is 364 g/mol. The molecule has 2 rings (SSSR count). The SMILES string of the molecule is NCCC[C@@H](N)C(=O)N[C@H](Cc1ccccc1)C(=O)NCCCc1ccccc1. The summed E-state index contributed by atoms with van der Waals surface area (Å²) >= 11 is 0. The van der Waals surface area contributed by atoms with Crippen LogP contribution in [0.1, 0.15) is 30.4 Å². The van der Waals surface area contributed by atoms with Gasteiger partial charge in [-0.2, -0.15) is 0 Å². The van der Waals surface area contributed by atoms with Crippen molar-refractivity contribution in [1.82, 2.24) is 10.6 Å². The second-order valence-electron chi connectivity index (χ2n) is 7.17. The number of hydrogen-bond donors (Lipinski definition) is 4. The zero-order valence-electron chi connectivity index (χ0n) is 16.8. The van der Waals surface area contributed by atoms with E-state index in [1.165, 1.54) is 5.56 Å². The normalized spacial score (nSPS) is 12.8. The van der Waals surface area contributed by atoms with Crippen LogP contribution >= 0.6 is 0 Å². The van der Waals surface area contributed by atoms with Gasteiger partial charge in [-0.15, -0.1) is 0 Å². The highest BCUT2D eigenvalue weighted by Crippen LogP contribution is 2.05. The number of nitrogens with two attached hydrogens (primary N) is 2. The Labute approximate surface area is 173 Å². The molecule has 0 aliphatic carbocycles. The number of nitrogens with one attached hydrogen (secondary N) is 2. The lowest BCUT2D eigenvalue weighted by atomic mass is 10.0. The number of aryl methyl sites for hydroxylation is 1. The topological polar surface area (TPSA) is 110 Å². The summed E-state index contributed by atoms with van der Waals surface area (Å²) in [6, 6.07) is 18.5. The molecule has 2 atom stereocenters. The molecule has 156 valence electrons. The maximum Gasteiger partial charge on any atom is 0.242 e. The van der Waals surface area contributed by atoms with Crippen molar-refractivity contribution >= 4 is 11.8 Å². The van der Waals surface area contributed by atoms with E-state index < -0.39 is 12.1 Å². The molecule has 0 aliphatic rings. The van der Waals surface area contributed by atoms with E-state index >= 15 is 0 Å². The van der Waals surface area contributed by atoms with Gasteiger partial charge in [0.25, 0.3) is 0 Å². The van der Waals surface area contributed by atoms with E-state index in [2.05, 4.69) is 22.8 Å². The Bertz CT molecular complexity index is 737. The molecule has 0 unspecified atom stereocenters. The molecule has 0 saturated carbocycles. The van der Waals surface area contributed by atoms with Crippen molar-refractivity contribution in [2.75, 3.05) is 13.1 Å². The van der Waals surface area contributed by atoms with Crippen LogP contribution in [-0.2, 0) is 22.4 Å². The number of carbonyl (C=O) groups is 2. The van der Waals surface area contributed by atoms with Crippen molar-refractivity contribution < 1.29 is 9.59 Å². The Morgan fingerprint density at radius 3 is 2.10 bits per heavy atom. The molecule has 29 heavy (non-hydrogen) atoms. The maximum absolute atomic E-state index is 12.7. The van der Waals surface area contributed by atoms with Gasteiger partial charge in [-0.3, -0.25) is 9.59 Å². The molecule has 2 amide bonds. The van der Waals surface area contributed by atoms with E-state index in [4.69, 9.17) is 11.5 Å². The van der Waals surface area contributed by atoms with Gasteiger partial charge in [0, 0.05) is 13.0 Å². The lowest BCUT2D eigenvalue weighted by molar-refractivity contribution is -0.129. The summed E-state index contributed by atoms with van der Waals surface area (Å²) in [5, 5.41) is 5.76. The molecule has 2 aromatic carbocycles. The minimum absolute atomic E-state index is 0.193. The van der Waals surface area contributed by atoms with Crippen molar-refractivity contribution in [1.29, 1.82) is 0 Å². The van der Waals surface area contributed by atoms with Gasteiger partial charge in [-0.25, -0.2) is 0 Å². The maximum atomic E-state index is 12.7. The Morgan fingerprint density at radius 2 is 1.48 bits per heavy atom. The number of amides is 2. The lowest BCUT2D eigenvalue weighted by Gasteiger charge is -2.21. The van der Waals surface area contributed by atoms with Crippen LogP contribution in [0.3, 0.4) is 0 Å². The van der Waals surface area contributed by atoms with E-state index in [0.717, 1.165) is 18.4 Å². The fourth-order valence-corrected chi connectivity index (χ4v) is 3.08. The van der Waals surface area contributed by atoms with E-state index in [9.17, 15) is 9.59 Å². The third-order valence-corrected chi connectivity index (χ3v) is 4.76. The summed E-state index contributed by atoms with van der Waals surface area (Å²) in [6.45, 7) is 1.03. The first kappa shape index (κ1) is 22.6. The molecule has 0 fully saturated rings. The van der Waals surface area contributed by atoms with Crippen LogP contribution in [0.5, 0.6) is 0 Å². The average molecular weight is 397 g/mol. The first-order valence-corrected chi connectivity index (χ1v) is 10.2. The molecule has 0 radical (unpaired) electrons. The van der Waals surface area contributed by atoms with Gasteiger partial charge in [0.2, 0.25) is 11.8 Å². The summed E-state index contributed by atoms with van der Waals surface area (Å²) in [5.74, 6) is -0.514. The Kier molecular flexibility index (Phi) is 9.89. The number of carbonyl (C=O) groups excluding carboxylic acids is 2. The van der Waals surface area contributed by atoms with Gasteiger partial charge in [0.05, 0.1) is 6.04 Å². The molecule has 0 heterocycles. The summed E-state index contributed by atoms with van der Waals surface area (Å²) in [7, 11) is 0. The monoisotopic (exact) mass is 396 g/mol. The number of rotatable bonds is 12. The highest BCUT2D eigenvalue weighted by Gasteiger charge is 2.23. The Hall–Kier alpha value is -2.70. The smallest absolute Gasteiger partial charge is 0.242 e. The lowest BCUT2D eigenvalue weighted by Crippen LogP contribution is -2.52. The summed E-state index contributed by atoms with van der Waals surface area (Å²) in [6.07, 6.45) is 3.31.